The highest BCUT2D eigenvalue weighted by atomic mass is 15.2. The summed E-state index contributed by atoms with van der Waals surface area (Å²) < 4.78 is 0. The molecule has 4 nitrogen and oxygen atoms in total. The standard InChI is InChI=1S/C68H58N4/c1-65(2,3)55-38-59(71(43-30-26-41(40-69)27-31-43)57-24-16-22-53-63(57)45-18-12-14-20-51(45)67(53,7)8)49-36-34-48-56(66(4,5)6)39-60(50-37-35-47(55)61(49)62(48)50)72(44-32-28-42(70-11)29-33-44)58-25-17-23-54-64(58)46-19-13-15-21-52(46)68(54,9)10/h12-39H,1-10H3. The molecule has 0 saturated heterocycles. The van der Waals surface area contributed by atoms with E-state index >= 15 is 0 Å². The van der Waals surface area contributed by atoms with Gasteiger partial charge in [0, 0.05) is 44.1 Å². The first-order valence-electron chi connectivity index (χ1n) is 25.3. The average Bonchev–Trinajstić information content (AvgIpc) is 3.76. The van der Waals surface area contributed by atoms with Gasteiger partial charge in [-0.1, -0.05) is 178 Å². The summed E-state index contributed by atoms with van der Waals surface area (Å²) in [4.78, 5) is 8.78. The SMILES string of the molecule is [C-]#[N+]c1ccc(N(c2cccc3c2-c2ccccc2C3(C)C)c2cc(C(C)(C)C)c3ccc4c(N(c5ccc(C#N)cc5)c5cccc6c5-c5ccccc5C6(C)C)cc(C(C)(C)C)c5ccc2c3c45)cc1. The summed E-state index contributed by atoms with van der Waals surface area (Å²) in [5.41, 5.74) is 19.5. The molecule has 72 heavy (non-hydrogen) atoms. The lowest BCUT2D eigenvalue weighted by atomic mass is 9.77. The minimum atomic E-state index is -0.238. The fourth-order valence-electron chi connectivity index (χ4n) is 12.6. The number of hydrogen-bond donors (Lipinski definition) is 0. The third kappa shape index (κ3) is 6.48. The lowest BCUT2D eigenvalue weighted by Gasteiger charge is -2.35. The summed E-state index contributed by atoms with van der Waals surface area (Å²) in [6.07, 6.45) is 0. The Balaban J connectivity index is 1.23. The molecule has 0 N–H and O–H groups in total. The number of rotatable bonds is 6. The van der Waals surface area contributed by atoms with Gasteiger partial charge in [0.05, 0.1) is 41.0 Å². The Hall–Kier alpha value is -8.18. The average molecular weight is 931 g/mol. The van der Waals surface area contributed by atoms with Crippen LogP contribution in [0.25, 0.3) is 59.4 Å². The van der Waals surface area contributed by atoms with E-state index in [1.807, 2.05) is 24.3 Å². The smallest absolute Gasteiger partial charge is 0.187 e. The van der Waals surface area contributed by atoms with Crippen molar-refractivity contribution in [2.45, 2.75) is 90.9 Å². The summed E-state index contributed by atoms with van der Waals surface area (Å²) in [5, 5.41) is 17.3. The van der Waals surface area contributed by atoms with Crippen LogP contribution in [0.3, 0.4) is 0 Å². The molecular formula is C68H58N4. The molecule has 10 aromatic carbocycles. The van der Waals surface area contributed by atoms with Gasteiger partial charge in [0.15, 0.2) is 5.69 Å². The number of benzene rings is 10. The normalized spacial score (nSPS) is 14.2. The van der Waals surface area contributed by atoms with Crippen molar-refractivity contribution < 1.29 is 0 Å². The highest BCUT2D eigenvalue weighted by Crippen LogP contribution is 2.59. The number of nitriles is 1. The van der Waals surface area contributed by atoms with E-state index < -0.39 is 0 Å². The fraction of sp³-hybridized carbons (Fsp3) is 0.206. The molecule has 0 amide bonds. The molecular weight excluding hydrogens is 873 g/mol. The minimum absolute atomic E-state index is 0.196. The van der Waals surface area contributed by atoms with Crippen molar-refractivity contribution in [2.24, 2.45) is 0 Å². The topological polar surface area (TPSA) is 34.6 Å². The van der Waals surface area contributed by atoms with Gasteiger partial charge in [-0.2, -0.15) is 5.26 Å². The van der Waals surface area contributed by atoms with E-state index in [4.69, 9.17) is 6.57 Å². The molecule has 4 heteroatoms. The Bertz CT molecular complexity index is 3690. The first kappa shape index (κ1) is 45.0. The molecule has 0 fully saturated rings. The minimum Gasteiger partial charge on any atom is -0.309 e. The van der Waals surface area contributed by atoms with Crippen molar-refractivity contribution in [3.63, 3.8) is 0 Å². The van der Waals surface area contributed by atoms with Gasteiger partial charge >= 0.3 is 0 Å². The zero-order valence-corrected chi connectivity index (χ0v) is 43.0. The Kier molecular flexibility index (Phi) is 9.78. The molecule has 0 saturated carbocycles. The zero-order valence-electron chi connectivity index (χ0n) is 43.0. The molecule has 2 aliphatic rings. The Morgan fingerprint density at radius 2 is 0.833 bits per heavy atom. The van der Waals surface area contributed by atoms with Crippen molar-refractivity contribution in [3.8, 4) is 28.3 Å². The molecule has 350 valence electrons. The van der Waals surface area contributed by atoms with Gasteiger partial charge in [0.25, 0.3) is 0 Å². The van der Waals surface area contributed by atoms with Crippen molar-refractivity contribution in [2.75, 3.05) is 9.80 Å². The van der Waals surface area contributed by atoms with Gasteiger partial charge in [0.2, 0.25) is 0 Å². The first-order valence-corrected chi connectivity index (χ1v) is 25.3. The summed E-state index contributed by atoms with van der Waals surface area (Å²) in [7, 11) is 0. The monoisotopic (exact) mass is 930 g/mol. The van der Waals surface area contributed by atoms with Crippen LogP contribution in [0.2, 0.25) is 0 Å². The van der Waals surface area contributed by atoms with Gasteiger partial charge in [0.1, 0.15) is 0 Å². The van der Waals surface area contributed by atoms with Crippen LogP contribution in [0.4, 0.5) is 39.8 Å². The third-order valence-corrected chi connectivity index (χ3v) is 16.1. The molecule has 0 bridgehead atoms. The van der Waals surface area contributed by atoms with Crippen LogP contribution in [-0.2, 0) is 21.7 Å². The van der Waals surface area contributed by atoms with Gasteiger partial charge in [-0.05, 0) is 138 Å². The van der Waals surface area contributed by atoms with Crippen LogP contribution in [-0.4, -0.2) is 0 Å². The summed E-state index contributed by atoms with van der Waals surface area (Å²) >= 11 is 0. The van der Waals surface area contributed by atoms with Gasteiger partial charge in [-0.15, -0.1) is 0 Å². The molecule has 0 radical (unpaired) electrons. The lowest BCUT2D eigenvalue weighted by Crippen LogP contribution is -2.19. The van der Waals surface area contributed by atoms with Gasteiger partial charge < -0.3 is 9.80 Å². The van der Waals surface area contributed by atoms with Crippen LogP contribution in [0.5, 0.6) is 0 Å². The van der Waals surface area contributed by atoms with E-state index in [1.165, 1.54) is 77.2 Å². The van der Waals surface area contributed by atoms with E-state index in [-0.39, 0.29) is 21.7 Å². The Labute approximate surface area is 424 Å². The van der Waals surface area contributed by atoms with Crippen molar-refractivity contribution >= 4 is 72.1 Å². The molecule has 0 spiro atoms. The van der Waals surface area contributed by atoms with Gasteiger partial charge in [-0.25, -0.2) is 4.85 Å². The maximum atomic E-state index is 10.1. The maximum Gasteiger partial charge on any atom is 0.187 e. The van der Waals surface area contributed by atoms with Crippen LogP contribution in [0.1, 0.15) is 108 Å². The highest BCUT2D eigenvalue weighted by molar-refractivity contribution is 6.30. The Morgan fingerprint density at radius 3 is 1.24 bits per heavy atom. The molecule has 0 aromatic heterocycles. The molecule has 0 atom stereocenters. The van der Waals surface area contributed by atoms with Crippen molar-refractivity contribution in [3.05, 3.63) is 220 Å². The predicted molar refractivity (Wildman–Crippen MR) is 303 cm³/mol. The Morgan fingerprint density at radius 1 is 0.444 bits per heavy atom. The second-order valence-corrected chi connectivity index (χ2v) is 23.2. The van der Waals surface area contributed by atoms with E-state index in [9.17, 15) is 5.26 Å². The van der Waals surface area contributed by atoms with E-state index in [1.54, 1.807) is 0 Å². The first-order chi connectivity index (χ1) is 34.4. The zero-order chi connectivity index (χ0) is 50.2. The van der Waals surface area contributed by atoms with Crippen LogP contribution >= 0.6 is 0 Å². The van der Waals surface area contributed by atoms with Crippen LogP contribution < -0.4 is 9.80 Å². The molecule has 0 heterocycles. The number of fused-ring (bicyclic) bond motifs is 6. The fourth-order valence-corrected chi connectivity index (χ4v) is 12.6. The van der Waals surface area contributed by atoms with Crippen molar-refractivity contribution in [1.29, 1.82) is 5.26 Å². The second-order valence-electron chi connectivity index (χ2n) is 23.2. The summed E-state index contributed by atoms with van der Waals surface area (Å²) in [6, 6.07) is 64.5. The highest BCUT2D eigenvalue weighted by Gasteiger charge is 2.40. The van der Waals surface area contributed by atoms with Crippen LogP contribution in [0.15, 0.2) is 170 Å². The molecule has 12 rings (SSSR count). The van der Waals surface area contributed by atoms with Gasteiger partial charge in [-0.3, -0.25) is 0 Å². The summed E-state index contributed by atoms with van der Waals surface area (Å²) in [6.45, 7) is 31.3. The van der Waals surface area contributed by atoms with E-state index in [0.29, 0.717) is 11.3 Å². The van der Waals surface area contributed by atoms with Crippen LogP contribution in [0, 0.1) is 17.9 Å². The second kappa shape index (κ2) is 15.7. The molecule has 0 aliphatic heterocycles. The van der Waals surface area contributed by atoms with E-state index in [0.717, 1.165) is 44.9 Å². The number of hydrogen-bond acceptors (Lipinski definition) is 3. The lowest BCUT2D eigenvalue weighted by molar-refractivity contribution is 0.595. The number of nitrogens with zero attached hydrogens (tertiary/aromatic N) is 4. The molecule has 2 aliphatic carbocycles. The third-order valence-electron chi connectivity index (χ3n) is 16.1. The molecule has 10 aromatic rings. The van der Waals surface area contributed by atoms with E-state index in [2.05, 4.69) is 236 Å². The maximum absolute atomic E-state index is 10.1. The predicted octanol–water partition coefficient (Wildman–Crippen LogP) is 19.2. The number of anilines is 6. The largest absolute Gasteiger partial charge is 0.309 e. The summed E-state index contributed by atoms with van der Waals surface area (Å²) in [5.74, 6) is 0. The quantitative estimate of drug-likeness (QED) is 0.123. The molecule has 0 unspecified atom stereocenters. The van der Waals surface area contributed by atoms with Crippen molar-refractivity contribution in [1.82, 2.24) is 0 Å².